The van der Waals surface area contributed by atoms with Crippen LogP contribution in [-0.4, -0.2) is 12.1 Å². The van der Waals surface area contributed by atoms with Crippen molar-refractivity contribution >= 4 is 38.8 Å². The molecule has 1 heterocycles. The molecule has 0 radical (unpaired) electrons. The summed E-state index contributed by atoms with van der Waals surface area (Å²) >= 11 is 3.20. The van der Waals surface area contributed by atoms with Crippen molar-refractivity contribution in [2.75, 3.05) is 0 Å². The van der Waals surface area contributed by atoms with Gasteiger partial charge in [-0.1, -0.05) is 30.3 Å². The quantitative estimate of drug-likeness (QED) is 0.578. The summed E-state index contributed by atoms with van der Waals surface area (Å²) in [4.78, 5) is 12.0. The summed E-state index contributed by atoms with van der Waals surface area (Å²) < 4.78 is 5.86. The Morgan fingerprint density at radius 1 is 1.10 bits per heavy atom. The Morgan fingerprint density at radius 2 is 1.90 bits per heavy atom. The fourth-order valence-corrected chi connectivity index (χ4v) is 2.27. The maximum atomic E-state index is 12.0. The Labute approximate surface area is 129 Å². The number of hydrogen-bond donors (Lipinski definition) is 1. The number of benzene rings is 2. The van der Waals surface area contributed by atoms with E-state index in [1.165, 1.54) is 6.21 Å². The van der Waals surface area contributed by atoms with Gasteiger partial charge in [-0.3, -0.25) is 4.79 Å². The van der Waals surface area contributed by atoms with E-state index < -0.39 is 0 Å². The zero-order valence-corrected chi connectivity index (χ0v) is 12.5. The molecule has 0 fully saturated rings. The molecule has 21 heavy (non-hydrogen) atoms. The maximum Gasteiger partial charge on any atom is 0.271 e. The molecule has 1 aromatic heterocycles. The van der Waals surface area contributed by atoms with Crippen LogP contribution in [0, 0.1) is 0 Å². The highest BCUT2D eigenvalue weighted by molar-refractivity contribution is 9.10. The van der Waals surface area contributed by atoms with Gasteiger partial charge < -0.3 is 4.42 Å². The van der Waals surface area contributed by atoms with E-state index in [-0.39, 0.29) is 5.91 Å². The Morgan fingerprint density at radius 3 is 2.67 bits per heavy atom. The van der Waals surface area contributed by atoms with E-state index in [0.717, 1.165) is 10.8 Å². The van der Waals surface area contributed by atoms with Crippen LogP contribution in [0.2, 0.25) is 0 Å². The third kappa shape index (κ3) is 3.20. The van der Waals surface area contributed by atoms with Crippen LogP contribution in [0.4, 0.5) is 0 Å². The van der Waals surface area contributed by atoms with Crippen LogP contribution in [0.1, 0.15) is 16.1 Å². The first-order valence-corrected chi connectivity index (χ1v) is 7.09. The van der Waals surface area contributed by atoms with E-state index in [2.05, 4.69) is 26.5 Å². The fourth-order valence-electron chi connectivity index (χ4n) is 1.95. The molecule has 4 nitrogen and oxygen atoms in total. The summed E-state index contributed by atoms with van der Waals surface area (Å²) in [5, 5.41) is 5.99. The minimum Gasteiger partial charge on any atom is -0.448 e. The topological polar surface area (TPSA) is 54.6 Å². The molecule has 0 aliphatic heterocycles. The molecular formula is C16H11BrN2O2. The van der Waals surface area contributed by atoms with Crippen LogP contribution in [0.15, 0.2) is 68.8 Å². The Kier molecular flexibility index (Phi) is 3.83. The zero-order chi connectivity index (χ0) is 14.7. The summed E-state index contributed by atoms with van der Waals surface area (Å²) in [7, 11) is 0. The third-order valence-corrected chi connectivity index (χ3v) is 3.39. The molecule has 0 saturated carbocycles. The standard InChI is InChI=1S/C16H11BrN2O2/c17-15-8-7-14(21-15)10-18-19-16(20)13-6-5-11-3-1-2-4-12(11)9-13/h1-10H,(H,19,20)/b18-10-. The van der Waals surface area contributed by atoms with Crippen molar-refractivity contribution < 1.29 is 9.21 Å². The first-order valence-electron chi connectivity index (χ1n) is 6.30. The van der Waals surface area contributed by atoms with Crippen molar-refractivity contribution in [3.05, 3.63) is 70.6 Å². The lowest BCUT2D eigenvalue weighted by molar-refractivity contribution is 0.0955. The van der Waals surface area contributed by atoms with Crippen molar-refractivity contribution in [2.45, 2.75) is 0 Å². The number of nitrogens with one attached hydrogen (secondary N) is 1. The number of carbonyl (C=O) groups excluding carboxylic acids is 1. The number of halogens is 1. The van der Waals surface area contributed by atoms with Crippen LogP contribution in [0.3, 0.4) is 0 Å². The van der Waals surface area contributed by atoms with Gasteiger partial charge in [0.1, 0.15) is 5.76 Å². The number of hydrazone groups is 1. The smallest absolute Gasteiger partial charge is 0.271 e. The number of amides is 1. The Bertz CT molecular complexity index is 824. The summed E-state index contributed by atoms with van der Waals surface area (Å²) in [6.45, 7) is 0. The summed E-state index contributed by atoms with van der Waals surface area (Å²) in [5.74, 6) is 0.295. The molecule has 0 spiro atoms. The lowest BCUT2D eigenvalue weighted by Crippen LogP contribution is -2.17. The van der Waals surface area contributed by atoms with Crippen molar-refractivity contribution in [3.8, 4) is 0 Å². The van der Waals surface area contributed by atoms with Crippen LogP contribution < -0.4 is 5.43 Å². The minimum atomic E-state index is -0.261. The van der Waals surface area contributed by atoms with Crippen molar-refractivity contribution in [2.24, 2.45) is 5.10 Å². The molecule has 1 N–H and O–H groups in total. The monoisotopic (exact) mass is 342 g/mol. The van der Waals surface area contributed by atoms with Crippen LogP contribution in [-0.2, 0) is 0 Å². The van der Waals surface area contributed by atoms with E-state index >= 15 is 0 Å². The predicted octanol–water partition coefficient (Wildman–Crippen LogP) is 3.96. The highest BCUT2D eigenvalue weighted by Gasteiger charge is 2.05. The second kappa shape index (κ2) is 5.93. The SMILES string of the molecule is O=C(N/N=C\c1ccc(Br)o1)c1ccc2ccccc2c1. The molecule has 0 atom stereocenters. The lowest BCUT2D eigenvalue weighted by atomic mass is 10.1. The molecular weight excluding hydrogens is 332 g/mol. The predicted molar refractivity (Wildman–Crippen MR) is 85.4 cm³/mol. The van der Waals surface area contributed by atoms with Crippen LogP contribution >= 0.6 is 15.9 Å². The highest BCUT2D eigenvalue weighted by Crippen LogP contribution is 2.15. The van der Waals surface area contributed by atoms with Gasteiger partial charge in [0.2, 0.25) is 0 Å². The van der Waals surface area contributed by atoms with Crippen LogP contribution in [0.25, 0.3) is 10.8 Å². The molecule has 3 rings (SSSR count). The van der Waals surface area contributed by atoms with Crippen molar-refractivity contribution in [1.29, 1.82) is 0 Å². The second-order valence-electron chi connectivity index (χ2n) is 4.40. The van der Waals surface area contributed by atoms with Crippen molar-refractivity contribution in [3.63, 3.8) is 0 Å². The number of rotatable bonds is 3. The molecule has 0 bridgehead atoms. The van der Waals surface area contributed by atoms with E-state index in [0.29, 0.717) is 16.0 Å². The van der Waals surface area contributed by atoms with Gasteiger partial charge in [0.15, 0.2) is 4.67 Å². The number of hydrogen-bond acceptors (Lipinski definition) is 3. The Balaban J connectivity index is 1.73. The number of nitrogens with zero attached hydrogens (tertiary/aromatic N) is 1. The number of furan rings is 1. The summed E-state index contributed by atoms with van der Waals surface area (Å²) in [6.07, 6.45) is 1.45. The molecule has 3 aromatic rings. The average Bonchev–Trinajstić information content (AvgIpc) is 2.92. The second-order valence-corrected chi connectivity index (χ2v) is 5.18. The third-order valence-electron chi connectivity index (χ3n) is 2.96. The molecule has 5 heteroatoms. The van der Waals surface area contributed by atoms with E-state index in [9.17, 15) is 4.79 Å². The van der Waals surface area contributed by atoms with E-state index in [4.69, 9.17) is 4.42 Å². The van der Waals surface area contributed by atoms with Gasteiger partial charge in [-0.15, -0.1) is 0 Å². The fraction of sp³-hybridized carbons (Fsp3) is 0. The minimum absolute atomic E-state index is 0.261. The molecule has 0 saturated heterocycles. The van der Waals surface area contributed by atoms with Gasteiger partial charge in [-0.05, 0) is 51.0 Å². The average molecular weight is 343 g/mol. The number of fused-ring (bicyclic) bond motifs is 1. The van der Waals surface area contributed by atoms with Crippen LogP contribution in [0.5, 0.6) is 0 Å². The first-order chi connectivity index (χ1) is 10.2. The van der Waals surface area contributed by atoms with Gasteiger partial charge in [0.05, 0.1) is 6.21 Å². The van der Waals surface area contributed by atoms with Gasteiger partial charge in [0, 0.05) is 5.56 Å². The van der Waals surface area contributed by atoms with E-state index in [1.54, 1.807) is 18.2 Å². The molecule has 1 amide bonds. The summed E-state index contributed by atoms with van der Waals surface area (Å²) in [5.41, 5.74) is 3.04. The normalized spacial score (nSPS) is 11.1. The van der Waals surface area contributed by atoms with Gasteiger partial charge >= 0.3 is 0 Å². The number of carbonyl (C=O) groups is 1. The van der Waals surface area contributed by atoms with Gasteiger partial charge in [-0.25, -0.2) is 5.43 Å². The van der Waals surface area contributed by atoms with Crippen molar-refractivity contribution in [1.82, 2.24) is 5.43 Å². The first kappa shape index (κ1) is 13.6. The molecule has 0 unspecified atom stereocenters. The van der Waals surface area contributed by atoms with Gasteiger partial charge in [0.25, 0.3) is 5.91 Å². The molecule has 0 aliphatic carbocycles. The maximum absolute atomic E-state index is 12.0. The Hall–Kier alpha value is -2.40. The molecule has 104 valence electrons. The largest absolute Gasteiger partial charge is 0.448 e. The molecule has 0 aliphatic rings. The zero-order valence-electron chi connectivity index (χ0n) is 10.9. The lowest BCUT2D eigenvalue weighted by Gasteiger charge is -2.02. The van der Waals surface area contributed by atoms with E-state index in [1.807, 2.05) is 36.4 Å². The summed E-state index contributed by atoms with van der Waals surface area (Å²) in [6, 6.07) is 16.9. The highest BCUT2D eigenvalue weighted by atomic mass is 79.9. The molecule has 2 aromatic carbocycles. The van der Waals surface area contributed by atoms with Gasteiger partial charge in [-0.2, -0.15) is 5.10 Å².